The summed E-state index contributed by atoms with van der Waals surface area (Å²) in [4.78, 5) is 14.7. The highest BCUT2D eigenvalue weighted by atomic mass is 14.9. The van der Waals surface area contributed by atoms with Crippen LogP contribution in [-0.2, 0) is 5.41 Å². The Morgan fingerprint density at radius 1 is 0.365 bits per heavy atom. The molecule has 2 aromatic heterocycles. The summed E-state index contributed by atoms with van der Waals surface area (Å²) in [5.74, 6) is 0.695. The van der Waals surface area contributed by atoms with Gasteiger partial charge in [0.15, 0.2) is 5.82 Å². The number of benzene rings is 9. The average molecular weight is 804 g/mol. The zero-order valence-corrected chi connectivity index (χ0v) is 35.0. The summed E-state index contributed by atoms with van der Waals surface area (Å²) in [6.07, 6.45) is 3.70. The first-order valence-electron chi connectivity index (χ1n) is 21.7. The molecule has 1 aliphatic carbocycles. The monoisotopic (exact) mass is 803 g/mol. The van der Waals surface area contributed by atoms with Gasteiger partial charge in [-0.25, -0.2) is 9.97 Å². The van der Waals surface area contributed by atoms with Gasteiger partial charge in [0.05, 0.1) is 11.4 Å². The third kappa shape index (κ3) is 6.00. The van der Waals surface area contributed by atoms with Gasteiger partial charge in [-0.15, -0.1) is 0 Å². The fraction of sp³-hybridized carbons (Fsp3) is 0.0500. The Balaban J connectivity index is 0.999. The van der Waals surface area contributed by atoms with E-state index in [1.807, 2.05) is 30.5 Å². The van der Waals surface area contributed by atoms with E-state index in [9.17, 15) is 0 Å². The Morgan fingerprint density at radius 2 is 0.921 bits per heavy atom. The standard InChI is InChI=1S/C60H41N3/c1-60(2)54-34-29-39-14-6-7-18-43(39)57(54)53-24-12-23-52(58(53)60)50-31-30-48(44-19-8-9-20-45(44)50)49-32-33-51(47-22-11-10-21-46(47)49)56-36-55(62-59(63-56)41-15-4-3-5-16-41)40-27-25-38(26-28-40)42-17-13-35-61-37-42/h3-37H,1-2H3. The SMILES string of the molecule is CC1(C)c2ccc3ccccc3c2-c2cccc(-c3ccc(-c4ccc(-c5cc(-c6ccc(-c7cccnc7)cc6)nc(-c6ccccc6)n5)c5ccccc45)c4ccccc34)c21. The summed E-state index contributed by atoms with van der Waals surface area (Å²) in [5.41, 5.74) is 17.3. The van der Waals surface area contributed by atoms with Crippen LogP contribution < -0.4 is 0 Å². The Labute approximate surface area is 367 Å². The third-order valence-corrected chi connectivity index (χ3v) is 13.2. The number of hydrogen-bond acceptors (Lipinski definition) is 3. The van der Waals surface area contributed by atoms with Crippen molar-refractivity contribution in [2.45, 2.75) is 19.3 Å². The molecule has 9 aromatic carbocycles. The van der Waals surface area contributed by atoms with E-state index < -0.39 is 0 Å². The van der Waals surface area contributed by atoms with E-state index in [0.29, 0.717) is 5.82 Å². The Morgan fingerprint density at radius 3 is 1.60 bits per heavy atom. The summed E-state index contributed by atoms with van der Waals surface area (Å²) in [5, 5.41) is 7.40. The summed E-state index contributed by atoms with van der Waals surface area (Å²) >= 11 is 0. The van der Waals surface area contributed by atoms with Crippen molar-refractivity contribution in [3.05, 3.63) is 224 Å². The molecular formula is C60H41N3. The van der Waals surface area contributed by atoms with Crippen molar-refractivity contribution >= 4 is 32.3 Å². The number of nitrogens with zero attached hydrogens (tertiary/aromatic N) is 3. The van der Waals surface area contributed by atoms with Gasteiger partial charge in [-0.1, -0.05) is 202 Å². The minimum Gasteiger partial charge on any atom is -0.264 e. The van der Waals surface area contributed by atoms with Gasteiger partial charge in [0.25, 0.3) is 0 Å². The van der Waals surface area contributed by atoms with Crippen molar-refractivity contribution in [3.8, 4) is 78.4 Å². The molecule has 3 heteroatoms. The van der Waals surface area contributed by atoms with Crippen LogP contribution in [0.3, 0.4) is 0 Å². The molecule has 296 valence electrons. The van der Waals surface area contributed by atoms with Gasteiger partial charge in [-0.2, -0.15) is 0 Å². The highest BCUT2D eigenvalue weighted by Crippen LogP contribution is 2.55. The molecule has 63 heavy (non-hydrogen) atoms. The normalized spacial score (nSPS) is 12.7. The molecule has 0 spiro atoms. The molecule has 0 N–H and O–H groups in total. The van der Waals surface area contributed by atoms with Crippen molar-refractivity contribution in [1.29, 1.82) is 0 Å². The van der Waals surface area contributed by atoms with Gasteiger partial charge in [0.2, 0.25) is 0 Å². The molecule has 0 amide bonds. The fourth-order valence-corrected chi connectivity index (χ4v) is 10.2. The maximum Gasteiger partial charge on any atom is 0.160 e. The van der Waals surface area contributed by atoms with Crippen molar-refractivity contribution in [2.24, 2.45) is 0 Å². The first-order valence-corrected chi connectivity index (χ1v) is 21.7. The van der Waals surface area contributed by atoms with Crippen molar-refractivity contribution in [3.63, 3.8) is 0 Å². The molecule has 12 rings (SSSR count). The molecule has 0 radical (unpaired) electrons. The van der Waals surface area contributed by atoms with Crippen LogP contribution in [0.1, 0.15) is 25.0 Å². The van der Waals surface area contributed by atoms with Crippen molar-refractivity contribution in [1.82, 2.24) is 15.0 Å². The molecule has 0 unspecified atom stereocenters. The predicted octanol–water partition coefficient (Wildman–Crippen LogP) is 15.6. The molecule has 1 aliphatic rings. The van der Waals surface area contributed by atoms with Gasteiger partial charge in [-0.3, -0.25) is 4.98 Å². The van der Waals surface area contributed by atoms with Crippen LogP contribution in [0.5, 0.6) is 0 Å². The van der Waals surface area contributed by atoms with Crippen LogP contribution in [0.15, 0.2) is 213 Å². The number of fused-ring (bicyclic) bond motifs is 7. The highest BCUT2D eigenvalue weighted by Gasteiger charge is 2.38. The molecule has 2 heterocycles. The smallest absolute Gasteiger partial charge is 0.160 e. The third-order valence-electron chi connectivity index (χ3n) is 13.2. The predicted molar refractivity (Wildman–Crippen MR) is 263 cm³/mol. The molecule has 0 bridgehead atoms. The van der Waals surface area contributed by atoms with Crippen LogP contribution in [-0.4, -0.2) is 15.0 Å². The van der Waals surface area contributed by atoms with Crippen LogP contribution in [0.4, 0.5) is 0 Å². The number of pyridine rings is 1. The Bertz CT molecular complexity index is 3570. The number of rotatable bonds is 6. The van der Waals surface area contributed by atoms with E-state index in [0.717, 1.165) is 44.6 Å². The lowest BCUT2D eigenvalue weighted by atomic mass is 9.78. The molecule has 0 fully saturated rings. The summed E-state index contributed by atoms with van der Waals surface area (Å²) in [6, 6.07) is 72.3. The topological polar surface area (TPSA) is 38.7 Å². The molecule has 3 nitrogen and oxygen atoms in total. The van der Waals surface area contributed by atoms with Crippen LogP contribution in [0, 0.1) is 0 Å². The lowest BCUT2D eigenvalue weighted by Crippen LogP contribution is -2.16. The van der Waals surface area contributed by atoms with E-state index in [2.05, 4.69) is 195 Å². The number of hydrogen-bond donors (Lipinski definition) is 0. The molecule has 0 atom stereocenters. The van der Waals surface area contributed by atoms with Crippen LogP contribution in [0.25, 0.3) is 111 Å². The zero-order chi connectivity index (χ0) is 42.1. The van der Waals surface area contributed by atoms with Crippen molar-refractivity contribution < 1.29 is 0 Å². The van der Waals surface area contributed by atoms with Crippen LogP contribution in [0.2, 0.25) is 0 Å². The maximum absolute atomic E-state index is 5.26. The minimum atomic E-state index is -0.165. The quantitative estimate of drug-likeness (QED) is 0.168. The second kappa shape index (κ2) is 14.6. The molecular weight excluding hydrogens is 763 g/mol. The van der Waals surface area contributed by atoms with Crippen molar-refractivity contribution in [2.75, 3.05) is 0 Å². The van der Waals surface area contributed by atoms with E-state index in [1.165, 1.54) is 71.4 Å². The molecule has 0 saturated heterocycles. The molecule has 0 aliphatic heterocycles. The van der Waals surface area contributed by atoms with Crippen LogP contribution >= 0.6 is 0 Å². The van der Waals surface area contributed by atoms with Gasteiger partial charge < -0.3 is 0 Å². The second-order valence-electron chi connectivity index (χ2n) is 17.1. The van der Waals surface area contributed by atoms with E-state index >= 15 is 0 Å². The van der Waals surface area contributed by atoms with Gasteiger partial charge in [0.1, 0.15) is 0 Å². The largest absolute Gasteiger partial charge is 0.264 e. The highest BCUT2D eigenvalue weighted by molar-refractivity contribution is 6.13. The molecule has 0 saturated carbocycles. The minimum absolute atomic E-state index is 0.165. The first-order chi connectivity index (χ1) is 31.0. The molecule has 11 aromatic rings. The fourth-order valence-electron chi connectivity index (χ4n) is 10.2. The first kappa shape index (κ1) is 36.8. The van der Waals surface area contributed by atoms with Gasteiger partial charge in [-0.05, 0) is 100 Å². The van der Waals surface area contributed by atoms with E-state index in [4.69, 9.17) is 9.97 Å². The summed E-state index contributed by atoms with van der Waals surface area (Å²) in [6.45, 7) is 4.78. The maximum atomic E-state index is 5.26. The Hall–Kier alpha value is -8.01. The van der Waals surface area contributed by atoms with Gasteiger partial charge >= 0.3 is 0 Å². The Kier molecular flexibility index (Phi) is 8.52. The lowest BCUT2D eigenvalue weighted by molar-refractivity contribution is 0.662. The number of aromatic nitrogens is 3. The summed E-state index contributed by atoms with van der Waals surface area (Å²) in [7, 11) is 0. The zero-order valence-electron chi connectivity index (χ0n) is 35.0. The van der Waals surface area contributed by atoms with E-state index in [1.54, 1.807) is 6.20 Å². The second-order valence-corrected chi connectivity index (χ2v) is 17.1. The lowest BCUT2D eigenvalue weighted by Gasteiger charge is -2.25. The van der Waals surface area contributed by atoms with E-state index in [-0.39, 0.29) is 5.41 Å². The summed E-state index contributed by atoms with van der Waals surface area (Å²) < 4.78 is 0. The van der Waals surface area contributed by atoms with Gasteiger partial charge in [0, 0.05) is 34.5 Å². The average Bonchev–Trinajstić information content (AvgIpc) is 3.60.